The summed E-state index contributed by atoms with van der Waals surface area (Å²) in [4.78, 5) is 0. The van der Waals surface area contributed by atoms with Gasteiger partial charge < -0.3 is 4.42 Å². The van der Waals surface area contributed by atoms with Crippen molar-refractivity contribution in [3.8, 4) is 28.6 Å². The Morgan fingerprint density at radius 2 is 1.39 bits per heavy atom. The Labute approximate surface area is 166 Å². The van der Waals surface area contributed by atoms with Crippen molar-refractivity contribution in [2.45, 2.75) is 6.18 Å². The van der Waals surface area contributed by atoms with E-state index in [-0.39, 0.29) is 23.0 Å². The van der Waals surface area contributed by atoms with Gasteiger partial charge in [-0.25, -0.2) is 4.68 Å². The monoisotopic (exact) mass is 424 g/mol. The predicted molar refractivity (Wildman–Crippen MR) is 97.3 cm³/mol. The number of nitrogens with zero attached hydrogens (tertiary/aromatic N) is 4. The van der Waals surface area contributed by atoms with Crippen LogP contribution in [0.5, 0.6) is 0 Å². The molecule has 0 saturated carbocycles. The van der Waals surface area contributed by atoms with Crippen molar-refractivity contribution in [3.63, 3.8) is 0 Å². The molecule has 2 aromatic heterocycles. The van der Waals surface area contributed by atoms with Crippen LogP contribution in [-0.4, -0.2) is 20.0 Å². The molecule has 0 aliphatic heterocycles. The zero-order valence-corrected chi connectivity index (χ0v) is 15.3. The van der Waals surface area contributed by atoms with Crippen LogP contribution in [0.15, 0.2) is 59.1 Å². The van der Waals surface area contributed by atoms with E-state index >= 15 is 0 Å². The van der Waals surface area contributed by atoms with E-state index in [9.17, 15) is 13.2 Å². The quantitative estimate of drug-likeness (QED) is 0.409. The van der Waals surface area contributed by atoms with E-state index in [1.165, 1.54) is 24.3 Å². The highest BCUT2D eigenvalue weighted by molar-refractivity contribution is 6.30. The molecule has 0 aliphatic carbocycles. The number of aromatic nitrogens is 4. The number of hydrogen-bond acceptors (Lipinski definition) is 4. The maximum Gasteiger partial charge on any atom is 0.434 e. The van der Waals surface area contributed by atoms with Crippen molar-refractivity contribution < 1.29 is 17.6 Å². The molecule has 4 rings (SSSR count). The van der Waals surface area contributed by atoms with Gasteiger partial charge in [0.25, 0.3) is 5.89 Å². The Hall–Kier alpha value is -2.84. The van der Waals surface area contributed by atoms with Crippen LogP contribution in [0.4, 0.5) is 13.2 Å². The highest BCUT2D eigenvalue weighted by Crippen LogP contribution is 2.38. The van der Waals surface area contributed by atoms with Crippen LogP contribution in [0.25, 0.3) is 28.6 Å². The van der Waals surface area contributed by atoms with Gasteiger partial charge in [-0.2, -0.15) is 18.3 Å². The molecule has 2 aromatic carbocycles. The smallest absolute Gasteiger partial charge is 0.416 e. The van der Waals surface area contributed by atoms with Crippen molar-refractivity contribution in [1.29, 1.82) is 0 Å². The zero-order chi connectivity index (χ0) is 19.9. The van der Waals surface area contributed by atoms with E-state index in [1.807, 2.05) is 0 Å². The van der Waals surface area contributed by atoms with Crippen LogP contribution >= 0.6 is 23.2 Å². The highest BCUT2D eigenvalue weighted by Gasteiger charge is 2.40. The molecule has 0 unspecified atom stereocenters. The van der Waals surface area contributed by atoms with E-state index in [1.54, 1.807) is 24.3 Å². The fourth-order valence-electron chi connectivity index (χ4n) is 2.60. The van der Waals surface area contributed by atoms with Gasteiger partial charge in [0.05, 0.1) is 17.4 Å². The molecule has 5 nitrogen and oxygen atoms in total. The molecule has 0 saturated heterocycles. The summed E-state index contributed by atoms with van der Waals surface area (Å²) in [5.41, 5.74) is -0.626. The lowest BCUT2D eigenvalue weighted by atomic mass is 10.2. The number of alkyl halides is 3. The molecular weight excluding hydrogens is 416 g/mol. The number of halogens is 5. The van der Waals surface area contributed by atoms with Gasteiger partial charge in [-0.05, 0) is 48.5 Å². The summed E-state index contributed by atoms with van der Waals surface area (Å²) in [6.07, 6.45) is -3.67. The van der Waals surface area contributed by atoms with Crippen molar-refractivity contribution >= 4 is 23.2 Å². The van der Waals surface area contributed by atoms with Crippen LogP contribution in [0.1, 0.15) is 5.69 Å². The van der Waals surface area contributed by atoms with E-state index in [4.69, 9.17) is 27.6 Å². The SMILES string of the molecule is FC(F)(F)c1c(-c2nnc(-c3ccc(Cl)cc3)o2)cnn1-c1ccc(Cl)cc1. The summed E-state index contributed by atoms with van der Waals surface area (Å²) in [5.74, 6) is -0.225. The summed E-state index contributed by atoms with van der Waals surface area (Å²) < 4.78 is 47.5. The van der Waals surface area contributed by atoms with Crippen molar-refractivity contribution in [1.82, 2.24) is 20.0 Å². The lowest BCUT2D eigenvalue weighted by Crippen LogP contribution is -2.14. The van der Waals surface area contributed by atoms with Crippen LogP contribution in [0, 0.1) is 0 Å². The summed E-state index contributed by atoms with van der Waals surface area (Å²) in [5, 5.41) is 12.3. The Morgan fingerprint density at radius 1 is 0.821 bits per heavy atom. The normalized spacial score (nSPS) is 11.8. The van der Waals surface area contributed by atoms with E-state index in [2.05, 4.69) is 15.3 Å². The van der Waals surface area contributed by atoms with Crippen molar-refractivity contribution in [3.05, 3.63) is 70.5 Å². The zero-order valence-electron chi connectivity index (χ0n) is 13.8. The highest BCUT2D eigenvalue weighted by atomic mass is 35.5. The van der Waals surface area contributed by atoms with E-state index < -0.39 is 11.9 Å². The molecule has 10 heteroatoms. The second kappa shape index (κ2) is 6.96. The number of benzene rings is 2. The van der Waals surface area contributed by atoms with E-state index in [0.717, 1.165) is 10.9 Å². The van der Waals surface area contributed by atoms with Crippen molar-refractivity contribution in [2.75, 3.05) is 0 Å². The van der Waals surface area contributed by atoms with Gasteiger partial charge in [0.1, 0.15) is 0 Å². The molecule has 0 aliphatic rings. The first-order valence-corrected chi connectivity index (χ1v) is 8.59. The molecule has 142 valence electrons. The second-order valence-corrected chi connectivity index (χ2v) is 6.58. The summed E-state index contributed by atoms with van der Waals surface area (Å²) in [6, 6.07) is 12.3. The maximum absolute atomic E-state index is 13.8. The standard InChI is InChI=1S/C18H9Cl2F3N4O/c19-11-3-1-10(2-4-11)16-25-26-17(28-16)14-9-24-27(15(14)18(21,22)23)13-7-5-12(20)6-8-13/h1-9H. The third-order valence-corrected chi connectivity index (χ3v) is 4.36. The molecule has 0 fully saturated rings. The van der Waals surface area contributed by atoms with Gasteiger partial charge in [-0.15, -0.1) is 10.2 Å². The summed E-state index contributed by atoms with van der Waals surface area (Å²) in [6.45, 7) is 0. The van der Waals surface area contributed by atoms with Crippen LogP contribution in [-0.2, 0) is 6.18 Å². The Morgan fingerprint density at radius 3 is 2.00 bits per heavy atom. The minimum atomic E-state index is -4.71. The minimum Gasteiger partial charge on any atom is -0.416 e. The Bertz CT molecular complexity index is 1120. The molecule has 28 heavy (non-hydrogen) atoms. The van der Waals surface area contributed by atoms with Crippen LogP contribution in [0.2, 0.25) is 10.0 Å². The molecule has 0 N–H and O–H groups in total. The van der Waals surface area contributed by atoms with Gasteiger partial charge >= 0.3 is 6.18 Å². The van der Waals surface area contributed by atoms with Gasteiger partial charge in [0.15, 0.2) is 5.69 Å². The largest absolute Gasteiger partial charge is 0.434 e. The molecule has 0 atom stereocenters. The third kappa shape index (κ3) is 3.48. The van der Waals surface area contributed by atoms with Gasteiger partial charge in [-0.1, -0.05) is 23.2 Å². The second-order valence-electron chi connectivity index (χ2n) is 5.71. The fraction of sp³-hybridized carbons (Fsp3) is 0.0556. The Kier molecular flexibility index (Phi) is 4.60. The fourth-order valence-corrected chi connectivity index (χ4v) is 2.85. The lowest BCUT2D eigenvalue weighted by molar-refractivity contribution is -0.142. The molecule has 2 heterocycles. The molecule has 4 aromatic rings. The van der Waals surface area contributed by atoms with E-state index in [0.29, 0.717) is 15.6 Å². The van der Waals surface area contributed by atoms with Gasteiger partial charge in [0.2, 0.25) is 5.89 Å². The number of rotatable bonds is 3. The Balaban J connectivity index is 1.80. The first-order chi connectivity index (χ1) is 13.3. The molecule has 0 amide bonds. The van der Waals surface area contributed by atoms with Gasteiger partial charge in [0, 0.05) is 15.6 Å². The summed E-state index contributed by atoms with van der Waals surface area (Å²) >= 11 is 11.6. The third-order valence-electron chi connectivity index (χ3n) is 3.86. The average Bonchev–Trinajstić information content (AvgIpc) is 3.29. The molecular formula is C18H9Cl2F3N4O. The van der Waals surface area contributed by atoms with Crippen LogP contribution < -0.4 is 0 Å². The van der Waals surface area contributed by atoms with Crippen LogP contribution in [0.3, 0.4) is 0 Å². The molecule has 0 spiro atoms. The summed E-state index contributed by atoms with van der Waals surface area (Å²) in [7, 11) is 0. The first kappa shape index (κ1) is 18.5. The minimum absolute atomic E-state index is 0.0686. The topological polar surface area (TPSA) is 56.7 Å². The predicted octanol–water partition coefficient (Wildman–Crippen LogP) is 5.91. The number of hydrogen-bond donors (Lipinski definition) is 0. The lowest BCUT2D eigenvalue weighted by Gasteiger charge is -2.11. The van der Waals surface area contributed by atoms with Gasteiger partial charge in [-0.3, -0.25) is 0 Å². The molecule has 0 radical (unpaired) electrons. The maximum atomic E-state index is 13.8. The first-order valence-electron chi connectivity index (χ1n) is 7.84. The molecule has 0 bridgehead atoms. The average molecular weight is 425 g/mol. The van der Waals surface area contributed by atoms with Crippen molar-refractivity contribution in [2.24, 2.45) is 0 Å².